The van der Waals surface area contributed by atoms with Crippen LogP contribution in [0.25, 0.3) is 0 Å². The summed E-state index contributed by atoms with van der Waals surface area (Å²) in [5.41, 5.74) is 5.74. The molecule has 6 nitrogen and oxygen atoms in total. The van der Waals surface area contributed by atoms with Crippen molar-refractivity contribution in [3.05, 3.63) is 51.2 Å². The van der Waals surface area contributed by atoms with E-state index in [9.17, 15) is 14.5 Å². The third-order valence-corrected chi connectivity index (χ3v) is 2.63. The van der Waals surface area contributed by atoms with Crippen LogP contribution < -0.4 is 10.5 Å². The lowest BCUT2D eigenvalue weighted by Gasteiger charge is -2.23. The minimum atomic E-state index is -0.885. The lowest BCUT2D eigenvalue weighted by Crippen LogP contribution is -2.24. The van der Waals surface area contributed by atoms with Gasteiger partial charge in [0.15, 0.2) is 0 Å². The second kappa shape index (κ2) is 4.33. The van der Waals surface area contributed by atoms with Gasteiger partial charge in [0.2, 0.25) is 12.4 Å². The van der Waals surface area contributed by atoms with Gasteiger partial charge in [-0.3, -0.25) is 10.1 Å². The molecule has 0 radical (unpaired) electrons. The molecule has 2 rings (SSSR count). The third kappa shape index (κ3) is 1.96. The summed E-state index contributed by atoms with van der Waals surface area (Å²) in [6.45, 7) is -0.538. The van der Waals surface area contributed by atoms with Crippen LogP contribution >= 0.6 is 0 Å². The molecule has 0 saturated carbocycles. The Labute approximate surface area is 101 Å². The fraction of sp³-hybridized carbons (Fsp3) is 0.182. The Morgan fingerprint density at radius 1 is 1.61 bits per heavy atom. The minimum absolute atomic E-state index is 0.0511. The van der Waals surface area contributed by atoms with Crippen molar-refractivity contribution < 1.29 is 14.1 Å². The van der Waals surface area contributed by atoms with Gasteiger partial charge in [0.1, 0.15) is 23.2 Å². The number of benzene rings is 1. The maximum atomic E-state index is 13.2. The van der Waals surface area contributed by atoms with Crippen LogP contribution in [0.5, 0.6) is 5.75 Å². The van der Waals surface area contributed by atoms with E-state index < -0.39 is 23.2 Å². The molecule has 1 atom stereocenters. The summed E-state index contributed by atoms with van der Waals surface area (Å²) in [6, 6.07) is 5.38. The molecule has 0 amide bonds. The van der Waals surface area contributed by atoms with E-state index in [-0.39, 0.29) is 22.8 Å². The number of nitro groups is 1. The molecule has 18 heavy (non-hydrogen) atoms. The first-order valence-corrected chi connectivity index (χ1v) is 5.01. The van der Waals surface area contributed by atoms with Gasteiger partial charge in [0, 0.05) is 10.5 Å². The maximum absolute atomic E-state index is 13.2. The van der Waals surface area contributed by atoms with Gasteiger partial charge in [-0.15, -0.1) is 0 Å². The number of ether oxygens (including phenoxy) is 1. The molecule has 1 aromatic rings. The lowest BCUT2D eigenvalue weighted by atomic mass is 9.89. The van der Waals surface area contributed by atoms with Crippen LogP contribution in [0, 0.1) is 27.3 Å². The summed E-state index contributed by atoms with van der Waals surface area (Å²) in [4.78, 5) is 10.1. The zero-order valence-electron chi connectivity index (χ0n) is 9.09. The summed E-state index contributed by atoms with van der Waals surface area (Å²) in [5, 5.41) is 19.6. The smallest absolute Gasteiger partial charge is 0.215 e. The fourth-order valence-electron chi connectivity index (χ4n) is 1.86. The van der Waals surface area contributed by atoms with Crippen LogP contribution in [0.4, 0.5) is 4.39 Å². The number of fused-ring (bicyclic) bond motifs is 1. The summed E-state index contributed by atoms with van der Waals surface area (Å²) in [5.74, 6) is -1.38. The maximum Gasteiger partial charge on any atom is 0.215 e. The lowest BCUT2D eigenvalue weighted by molar-refractivity contribution is -0.482. The molecular formula is C11H8FN3O3. The van der Waals surface area contributed by atoms with Crippen molar-refractivity contribution in [1.82, 2.24) is 0 Å². The van der Waals surface area contributed by atoms with Crippen LogP contribution in [0.15, 0.2) is 29.7 Å². The number of hydrogen-bond acceptors (Lipinski definition) is 5. The fourth-order valence-corrected chi connectivity index (χ4v) is 1.86. The molecule has 0 saturated heterocycles. The largest absolute Gasteiger partial charge is 0.440 e. The van der Waals surface area contributed by atoms with Crippen LogP contribution in [0.2, 0.25) is 0 Å². The SMILES string of the molecule is N#CC1=C(N)Oc2ccc(F)cc2[C@H]1C[N+](=O)[O-]. The van der Waals surface area contributed by atoms with Crippen molar-refractivity contribution in [3.63, 3.8) is 0 Å². The quantitative estimate of drug-likeness (QED) is 0.628. The predicted molar refractivity (Wildman–Crippen MR) is 58.5 cm³/mol. The van der Waals surface area contributed by atoms with Crippen LogP contribution in [0.3, 0.4) is 0 Å². The average Bonchev–Trinajstić information content (AvgIpc) is 2.30. The molecule has 0 fully saturated rings. The number of nitrogens with two attached hydrogens (primary N) is 1. The third-order valence-electron chi connectivity index (χ3n) is 2.63. The number of nitriles is 1. The molecule has 1 aliphatic heterocycles. The molecule has 2 N–H and O–H groups in total. The van der Waals surface area contributed by atoms with Gasteiger partial charge in [0.25, 0.3) is 0 Å². The van der Waals surface area contributed by atoms with Crippen LogP contribution in [0.1, 0.15) is 11.5 Å². The zero-order chi connectivity index (χ0) is 13.3. The van der Waals surface area contributed by atoms with Crippen LogP contribution in [-0.2, 0) is 0 Å². The molecule has 0 aromatic heterocycles. The number of rotatable bonds is 2. The van der Waals surface area contributed by atoms with Crippen molar-refractivity contribution in [2.45, 2.75) is 5.92 Å². The van der Waals surface area contributed by atoms with E-state index in [1.807, 2.05) is 0 Å². The van der Waals surface area contributed by atoms with Crippen molar-refractivity contribution in [2.75, 3.05) is 6.54 Å². The Bertz CT molecular complexity index is 592. The predicted octanol–water partition coefficient (Wildman–Crippen LogP) is 1.27. The molecule has 1 aromatic carbocycles. The van der Waals surface area contributed by atoms with E-state index >= 15 is 0 Å². The van der Waals surface area contributed by atoms with Gasteiger partial charge in [0.05, 0.1) is 5.92 Å². The van der Waals surface area contributed by atoms with Crippen molar-refractivity contribution in [1.29, 1.82) is 5.26 Å². The number of nitrogens with zero attached hydrogens (tertiary/aromatic N) is 2. The Kier molecular flexibility index (Phi) is 2.85. The Balaban J connectivity index is 2.55. The second-order valence-electron chi connectivity index (χ2n) is 3.74. The van der Waals surface area contributed by atoms with Crippen molar-refractivity contribution in [3.8, 4) is 11.8 Å². The van der Waals surface area contributed by atoms with Gasteiger partial charge >= 0.3 is 0 Å². The van der Waals surface area contributed by atoms with E-state index in [1.165, 1.54) is 6.07 Å². The van der Waals surface area contributed by atoms with E-state index in [2.05, 4.69) is 0 Å². The van der Waals surface area contributed by atoms with E-state index in [0.717, 1.165) is 12.1 Å². The highest BCUT2D eigenvalue weighted by Crippen LogP contribution is 2.38. The highest BCUT2D eigenvalue weighted by Gasteiger charge is 2.33. The molecule has 1 aliphatic rings. The highest BCUT2D eigenvalue weighted by molar-refractivity contribution is 5.49. The van der Waals surface area contributed by atoms with Gasteiger partial charge in [-0.25, -0.2) is 4.39 Å². The Morgan fingerprint density at radius 2 is 2.33 bits per heavy atom. The monoisotopic (exact) mass is 249 g/mol. The first kappa shape index (κ1) is 11.9. The molecule has 92 valence electrons. The highest BCUT2D eigenvalue weighted by atomic mass is 19.1. The molecule has 1 heterocycles. The van der Waals surface area contributed by atoms with Crippen molar-refractivity contribution >= 4 is 0 Å². The van der Waals surface area contributed by atoms with Crippen LogP contribution in [-0.4, -0.2) is 11.5 Å². The van der Waals surface area contributed by atoms with E-state index in [4.69, 9.17) is 15.7 Å². The average molecular weight is 249 g/mol. The summed E-state index contributed by atoms with van der Waals surface area (Å²) in [6.07, 6.45) is 0. The van der Waals surface area contributed by atoms with Gasteiger partial charge in [-0.1, -0.05) is 0 Å². The normalized spacial score (nSPS) is 17.7. The van der Waals surface area contributed by atoms with E-state index in [0.29, 0.717) is 0 Å². The second-order valence-corrected chi connectivity index (χ2v) is 3.74. The molecular weight excluding hydrogens is 241 g/mol. The van der Waals surface area contributed by atoms with Crippen molar-refractivity contribution in [2.24, 2.45) is 5.73 Å². The molecule has 0 bridgehead atoms. The topological polar surface area (TPSA) is 102 Å². The standard InChI is InChI=1S/C11H8FN3O3/c12-6-1-2-10-7(3-6)9(5-15(16)17)8(4-13)11(14)18-10/h1-3,9H,5,14H2/t9-/m1/s1. The van der Waals surface area contributed by atoms with Gasteiger partial charge in [-0.2, -0.15) is 5.26 Å². The van der Waals surface area contributed by atoms with E-state index in [1.54, 1.807) is 6.07 Å². The molecule has 7 heteroatoms. The number of halogens is 1. The molecule has 0 aliphatic carbocycles. The zero-order valence-corrected chi connectivity index (χ0v) is 9.09. The first-order valence-electron chi connectivity index (χ1n) is 5.01. The molecule has 0 spiro atoms. The summed E-state index contributed by atoms with van der Waals surface area (Å²) < 4.78 is 18.3. The minimum Gasteiger partial charge on any atom is -0.440 e. The van der Waals surface area contributed by atoms with Gasteiger partial charge < -0.3 is 10.5 Å². The summed E-state index contributed by atoms with van der Waals surface area (Å²) >= 11 is 0. The molecule has 0 unspecified atom stereocenters. The Morgan fingerprint density at radius 3 is 2.94 bits per heavy atom. The Hall–Kier alpha value is -2.62. The van der Waals surface area contributed by atoms with Gasteiger partial charge in [-0.05, 0) is 18.2 Å². The summed E-state index contributed by atoms with van der Waals surface area (Å²) in [7, 11) is 0. The first-order chi connectivity index (χ1) is 8.52. The number of hydrogen-bond donors (Lipinski definition) is 1.